The molecule has 2 nitrogen and oxygen atoms in total. The zero-order valence-corrected chi connectivity index (χ0v) is 5.90. The van der Waals surface area contributed by atoms with Gasteiger partial charge in [-0.25, -0.2) is 0 Å². The van der Waals surface area contributed by atoms with Crippen LogP contribution in [0, 0.1) is 0 Å². The van der Waals surface area contributed by atoms with E-state index in [-0.39, 0.29) is 0 Å². The lowest BCUT2D eigenvalue weighted by molar-refractivity contribution is 0.677. The first-order chi connectivity index (χ1) is 4.47. The summed E-state index contributed by atoms with van der Waals surface area (Å²) in [5, 5.41) is 1.24. The number of fused-ring (bicyclic) bond motifs is 1. The number of aliphatic imine (C=N–C) groups is 2. The fraction of sp³-hybridized carbons (Fsp3) is 0.667. The van der Waals surface area contributed by atoms with Gasteiger partial charge in [-0.05, 0) is 12.8 Å². The molecular weight excluding hydrogens is 132 g/mol. The fourth-order valence-corrected chi connectivity index (χ4v) is 1.93. The second-order valence-electron chi connectivity index (χ2n) is 2.25. The fourth-order valence-electron chi connectivity index (χ4n) is 1.11. The maximum absolute atomic E-state index is 4.35. The first-order valence-electron chi connectivity index (χ1n) is 3.19. The van der Waals surface area contributed by atoms with Crippen LogP contribution < -0.4 is 0 Å². The van der Waals surface area contributed by atoms with Gasteiger partial charge in [0.05, 0.1) is 16.6 Å². The third kappa shape index (κ3) is 0.894. The molecule has 0 aromatic carbocycles. The predicted octanol–water partition coefficient (Wildman–Crippen LogP) is 1.32. The summed E-state index contributed by atoms with van der Waals surface area (Å²) >= 11 is 1.68. The van der Waals surface area contributed by atoms with Crippen molar-refractivity contribution in [1.82, 2.24) is 0 Å². The first-order valence-corrected chi connectivity index (χ1v) is 4.07. The standard InChI is InChI=1S/C6H8N2S/c1-2-5-6(7-3-1)9-4-8-5/h4-5H,1-3H2. The van der Waals surface area contributed by atoms with Crippen LogP contribution >= 0.6 is 11.8 Å². The van der Waals surface area contributed by atoms with Crippen LogP contribution in [0.2, 0.25) is 0 Å². The Kier molecular flexibility index (Phi) is 1.30. The Morgan fingerprint density at radius 1 is 1.67 bits per heavy atom. The largest absolute Gasteiger partial charge is 0.280 e. The summed E-state index contributed by atoms with van der Waals surface area (Å²) in [7, 11) is 0. The van der Waals surface area contributed by atoms with Crippen LogP contribution in [0.3, 0.4) is 0 Å². The minimum absolute atomic E-state index is 0.448. The minimum atomic E-state index is 0.448. The zero-order valence-electron chi connectivity index (χ0n) is 5.08. The van der Waals surface area contributed by atoms with Gasteiger partial charge in [0.15, 0.2) is 0 Å². The van der Waals surface area contributed by atoms with Crippen molar-refractivity contribution in [3.05, 3.63) is 0 Å². The van der Waals surface area contributed by atoms with Crippen LogP contribution in [-0.4, -0.2) is 23.2 Å². The molecule has 2 heterocycles. The second-order valence-corrected chi connectivity index (χ2v) is 3.12. The predicted molar refractivity (Wildman–Crippen MR) is 41.4 cm³/mol. The molecule has 0 radical (unpaired) electrons. The SMILES string of the molecule is C1=NC2CCCN=C2S1. The molecule has 2 aliphatic rings. The topological polar surface area (TPSA) is 24.7 Å². The van der Waals surface area contributed by atoms with E-state index < -0.39 is 0 Å². The van der Waals surface area contributed by atoms with Gasteiger partial charge in [-0.15, -0.1) is 0 Å². The highest BCUT2D eigenvalue weighted by molar-refractivity contribution is 8.25. The summed E-state index contributed by atoms with van der Waals surface area (Å²) in [6, 6.07) is 0.448. The molecule has 0 bridgehead atoms. The molecule has 0 N–H and O–H groups in total. The Morgan fingerprint density at radius 2 is 2.67 bits per heavy atom. The summed E-state index contributed by atoms with van der Waals surface area (Å²) < 4.78 is 0. The maximum Gasteiger partial charge on any atom is 0.0987 e. The number of nitrogens with zero attached hydrogens (tertiary/aromatic N) is 2. The van der Waals surface area contributed by atoms with Crippen LogP contribution in [0.25, 0.3) is 0 Å². The summed E-state index contributed by atoms with van der Waals surface area (Å²) in [5.74, 6) is 0. The summed E-state index contributed by atoms with van der Waals surface area (Å²) in [5.41, 5.74) is 1.91. The number of thioether (sulfide) groups is 1. The van der Waals surface area contributed by atoms with Crippen LogP contribution in [0.15, 0.2) is 9.98 Å². The highest BCUT2D eigenvalue weighted by Crippen LogP contribution is 2.23. The number of hydrogen-bond donors (Lipinski definition) is 0. The lowest BCUT2D eigenvalue weighted by Crippen LogP contribution is -2.16. The normalized spacial score (nSPS) is 32.0. The molecule has 0 amide bonds. The van der Waals surface area contributed by atoms with Gasteiger partial charge < -0.3 is 0 Å². The molecule has 9 heavy (non-hydrogen) atoms. The van der Waals surface area contributed by atoms with E-state index in [9.17, 15) is 0 Å². The van der Waals surface area contributed by atoms with E-state index in [1.54, 1.807) is 11.8 Å². The van der Waals surface area contributed by atoms with Gasteiger partial charge in [-0.3, -0.25) is 9.98 Å². The molecule has 2 aliphatic heterocycles. The zero-order chi connectivity index (χ0) is 6.10. The minimum Gasteiger partial charge on any atom is -0.280 e. The Hall–Kier alpha value is -0.310. The van der Waals surface area contributed by atoms with Crippen LogP contribution in [0.4, 0.5) is 0 Å². The maximum atomic E-state index is 4.35. The third-order valence-corrected chi connectivity index (χ3v) is 2.47. The van der Waals surface area contributed by atoms with Crippen LogP contribution in [-0.2, 0) is 0 Å². The Labute approximate surface area is 58.5 Å². The van der Waals surface area contributed by atoms with Gasteiger partial charge in [-0.1, -0.05) is 11.8 Å². The Balaban J connectivity index is 2.22. The van der Waals surface area contributed by atoms with Crippen molar-refractivity contribution >= 4 is 22.4 Å². The van der Waals surface area contributed by atoms with E-state index in [0.717, 1.165) is 6.54 Å². The molecule has 2 rings (SSSR count). The van der Waals surface area contributed by atoms with Gasteiger partial charge >= 0.3 is 0 Å². The quantitative estimate of drug-likeness (QED) is 0.498. The van der Waals surface area contributed by atoms with Crippen LogP contribution in [0.5, 0.6) is 0 Å². The molecule has 0 fully saturated rings. The van der Waals surface area contributed by atoms with Crippen molar-refractivity contribution in [2.75, 3.05) is 6.54 Å². The van der Waals surface area contributed by atoms with Crippen molar-refractivity contribution in [2.24, 2.45) is 9.98 Å². The molecule has 0 spiro atoms. The smallest absolute Gasteiger partial charge is 0.0987 e. The molecule has 48 valence electrons. The molecule has 0 saturated carbocycles. The van der Waals surface area contributed by atoms with Crippen molar-refractivity contribution < 1.29 is 0 Å². The van der Waals surface area contributed by atoms with Gasteiger partial charge in [0.1, 0.15) is 0 Å². The molecule has 0 aromatic rings. The molecule has 3 heteroatoms. The van der Waals surface area contributed by atoms with Crippen molar-refractivity contribution in [3.63, 3.8) is 0 Å². The second kappa shape index (κ2) is 2.14. The summed E-state index contributed by atoms with van der Waals surface area (Å²) in [6.07, 6.45) is 2.42. The van der Waals surface area contributed by atoms with Gasteiger partial charge in [0.25, 0.3) is 0 Å². The van der Waals surface area contributed by atoms with E-state index in [4.69, 9.17) is 0 Å². The number of hydrogen-bond acceptors (Lipinski definition) is 3. The molecule has 1 unspecified atom stereocenters. The van der Waals surface area contributed by atoms with Gasteiger partial charge in [0, 0.05) is 6.54 Å². The monoisotopic (exact) mass is 140 g/mol. The Morgan fingerprint density at radius 3 is 3.56 bits per heavy atom. The van der Waals surface area contributed by atoms with E-state index in [1.807, 2.05) is 5.55 Å². The average molecular weight is 140 g/mol. The average Bonchev–Trinajstić information content (AvgIpc) is 2.33. The molecule has 0 aliphatic carbocycles. The molecule has 0 aromatic heterocycles. The van der Waals surface area contributed by atoms with Crippen molar-refractivity contribution in [3.8, 4) is 0 Å². The lowest BCUT2D eigenvalue weighted by atomic mass is 10.1. The van der Waals surface area contributed by atoms with Crippen molar-refractivity contribution in [1.29, 1.82) is 0 Å². The summed E-state index contributed by atoms with van der Waals surface area (Å²) in [6.45, 7) is 1.02. The van der Waals surface area contributed by atoms with E-state index in [2.05, 4.69) is 9.98 Å². The highest BCUT2D eigenvalue weighted by atomic mass is 32.2. The van der Waals surface area contributed by atoms with Crippen molar-refractivity contribution in [2.45, 2.75) is 18.9 Å². The Bertz CT molecular complexity index is 174. The van der Waals surface area contributed by atoms with E-state index in [1.165, 1.54) is 17.9 Å². The van der Waals surface area contributed by atoms with Crippen LogP contribution in [0.1, 0.15) is 12.8 Å². The third-order valence-electron chi connectivity index (χ3n) is 1.60. The molecular formula is C6H8N2S. The van der Waals surface area contributed by atoms with E-state index >= 15 is 0 Å². The molecule has 0 saturated heterocycles. The summed E-state index contributed by atoms with van der Waals surface area (Å²) in [4.78, 5) is 8.61. The molecule has 1 atom stereocenters. The van der Waals surface area contributed by atoms with Gasteiger partial charge in [-0.2, -0.15) is 0 Å². The van der Waals surface area contributed by atoms with E-state index in [0.29, 0.717) is 6.04 Å². The lowest BCUT2D eigenvalue weighted by Gasteiger charge is -2.11. The first kappa shape index (κ1) is 5.47. The van der Waals surface area contributed by atoms with Gasteiger partial charge in [0.2, 0.25) is 0 Å². The highest BCUT2D eigenvalue weighted by Gasteiger charge is 2.21. The number of rotatable bonds is 0.